The number of amides is 1. The molecule has 0 spiro atoms. The highest BCUT2D eigenvalue weighted by molar-refractivity contribution is 7.88. The maximum atomic E-state index is 12.5. The van der Waals surface area contributed by atoms with Crippen LogP contribution in [0.2, 0.25) is 5.02 Å². The number of halogens is 1. The van der Waals surface area contributed by atoms with Crippen molar-refractivity contribution in [3.8, 4) is 0 Å². The van der Waals surface area contributed by atoms with Crippen LogP contribution in [0.5, 0.6) is 0 Å². The average molecular weight is 409 g/mol. The van der Waals surface area contributed by atoms with E-state index in [4.69, 9.17) is 16.3 Å². The Morgan fingerprint density at radius 1 is 1.15 bits per heavy atom. The third kappa shape index (κ3) is 4.87. The Bertz CT molecular complexity index is 923. The Morgan fingerprint density at radius 2 is 1.81 bits per heavy atom. The Hall–Kier alpha value is -1.93. The average Bonchev–Trinajstić information content (AvgIpc) is 2.66. The molecule has 0 bridgehead atoms. The number of sulfonamides is 1. The van der Waals surface area contributed by atoms with Crippen molar-refractivity contribution in [2.45, 2.75) is 12.7 Å². The maximum Gasteiger partial charge on any atom is 0.255 e. The minimum Gasteiger partial charge on any atom is -0.379 e. The zero-order chi connectivity index (χ0) is 19.4. The van der Waals surface area contributed by atoms with Crippen molar-refractivity contribution in [2.75, 3.05) is 31.6 Å². The maximum absolute atomic E-state index is 12.5. The minimum atomic E-state index is -3.39. The number of ether oxygens (including phenoxy) is 1. The van der Waals surface area contributed by atoms with E-state index in [1.54, 1.807) is 42.5 Å². The number of morpholine rings is 1. The molecule has 1 aliphatic heterocycles. The first-order valence-corrected chi connectivity index (χ1v) is 10.6. The van der Waals surface area contributed by atoms with Gasteiger partial charge < -0.3 is 10.1 Å². The second-order valence-electron chi connectivity index (χ2n) is 6.33. The van der Waals surface area contributed by atoms with Gasteiger partial charge in [-0.2, -0.15) is 4.31 Å². The van der Waals surface area contributed by atoms with E-state index in [1.165, 1.54) is 4.31 Å². The molecule has 144 valence electrons. The first kappa shape index (κ1) is 19.8. The molecule has 8 heteroatoms. The molecule has 2 aromatic carbocycles. The van der Waals surface area contributed by atoms with Crippen LogP contribution in [0.1, 0.15) is 21.5 Å². The van der Waals surface area contributed by atoms with Gasteiger partial charge in [0.2, 0.25) is 10.0 Å². The smallest absolute Gasteiger partial charge is 0.255 e. The molecular weight excluding hydrogens is 388 g/mol. The van der Waals surface area contributed by atoms with Crippen molar-refractivity contribution in [3.05, 3.63) is 64.2 Å². The van der Waals surface area contributed by atoms with Gasteiger partial charge >= 0.3 is 0 Å². The van der Waals surface area contributed by atoms with E-state index in [2.05, 4.69) is 5.32 Å². The Kier molecular flexibility index (Phi) is 6.16. The van der Waals surface area contributed by atoms with E-state index in [-0.39, 0.29) is 11.7 Å². The second kappa shape index (κ2) is 8.39. The second-order valence-corrected chi connectivity index (χ2v) is 8.71. The standard InChI is InChI=1S/C19H21ClN2O4S/c1-14-17(20)3-2-4-18(14)21-19(23)16-7-5-15(6-8-16)13-27(24,25)22-9-11-26-12-10-22/h2-8H,9-13H2,1H3,(H,21,23). The first-order valence-electron chi connectivity index (χ1n) is 8.58. The number of anilines is 1. The minimum absolute atomic E-state index is 0.0949. The number of carbonyl (C=O) groups excluding carboxylic acids is 1. The summed E-state index contributed by atoms with van der Waals surface area (Å²) in [6, 6.07) is 11.9. The van der Waals surface area contributed by atoms with Crippen molar-refractivity contribution in [1.82, 2.24) is 4.31 Å². The topological polar surface area (TPSA) is 75.7 Å². The molecule has 0 saturated carbocycles. The molecule has 1 saturated heterocycles. The lowest BCUT2D eigenvalue weighted by Gasteiger charge is -2.26. The fourth-order valence-corrected chi connectivity index (χ4v) is 4.49. The summed E-state index contributed by atoms with van der Waals surface area (Å²) >= 11 is 6.07. The van der Waals surface area contributed by atoms with Crippen LogP contribution in [-0.2, 0) is 20.5 Å². The zero-order valence-electron chi connectivity index (χ0n) is 14.9. The van der Waals surface area contributed by atoms with Crippen molar-refractivity contribution < 1.29 is 17.9 Å². The largest absolute Gasteiger partial charge is 0.379 e. The van der Waals surface area contributed by atoms with Crippen LogP contribution < -0.4 is 5.32 Å². The number of nitrogens with one attached hydrogen (secondary N) is 1. The van der Waals surface area contributed by atoms with Crippen molar-refractivity contribution in [1.29, 1.82) is 0 Å². The number of carbonyl (C=O) groups is 1. The summed E-state index contributed by atoms with van der Waals surface area (Å²) in [4.78, 5) is 12.4. The van der Waals surface area contributed by atoms with Crippen LogP contribution in [0.3, 0.4) is 0 Å². The molecule has 6 nitrogen and oxygen atoms in total. The SMILES string of the molecule is Cc1c(Cl)cccc1NC(=O)c1ccc(CS(=O)(=O)N2CCOCC2)cc1. The number of hydrogen-bond donors (Lipinski definition) is 1. The molecule has 0 unspecified atom stereocenters. The fraction of sp³-hybridized carbons (Fsp3) is 0.316. The molecule has 1 N–H and O–H groups in total. The summed E-state index contributed by atoms with van der Waals surface area (Å²) in [5.74, 6) is -0.370. The zero-order valence-corrected chi connectivity index (χ0v) is 16.5. The molecular formula is C19H21ClN2O4S. The highest BCUT2D eigenvalue weighted by atomic mass is 35.5. The first-order chi connectivity index (χ1) is 12.9. The third-order valence-corrected chi connectivity index (χ3v) is 6.70. The summed E-state index contributed by atoms with van der Waals surface area (Å²) < 4.78 is 31.6. The van der Waals surface area contributed by atoms with Crippen LogP contribution in [0.25, 0.3) is 0 Å². The predicted octanol–water partition coefficient (Wildman–Crippen LogP) is 3.06. The van der Waals surface area contributed by atoms with E-state index in [9.17, 15) is 13.2 Å². The van der Waals surface area contributed by atoms with Crippen molar-refractivity contribution in [2.24, 2.45) is 0 Å². The summed E-state index contributed by atoms with van der Waals surface area (Å²) in [5.41, 5.74) is 2.52. The summed E-state index contributed by atoms with van der Waals surface area (Å²) in [7, 11) is -3.39. The van der Waals surface area contributed by atoms with E-state index in [0.29, 0.717) is 48.1 Å². The van der Waals surface area contributed by atoms with Gasteiger partial charge in [-0.1, -0.05) is 29.8 Å². The van der Waals surface area contributed by atoms with Gasteiger partial charge in [0.25, 0.3) is 5.91 Å². The van der Waals surface area contributed by atoms with Gasteiger partial charge in [0.1, 0.15) is 0 Å². The molecule has 1 fully saturated rings. The quantitative estimate of drug-likeness (QED) is 0.824. The van der Waals surface area contributed by atoms with Crippen LogP contribution >= 0.6 is 11.6 Å². The summed E-state index contributed by atoms with van der Waals surface area (Å²) in [6.07, 6.45) is 0. The molecule has 1 heterocycles. The van der Waals surface area contributed by atoms with Gasteiger partial charge in [-0.25, -0.2) is 8.42 Å². The summed E-state index contributed by atoms with van der Waals surface area (Å²) in [5, 5.41) is 3.40. The van der Waals surface area contributed by atoms with Crippen molar-refractivity contribution in [3.63, 3.8) is 0 Å². The van der Waals surface area contributed by atoms with E-state index in [1.807, 2.05) is 6.92 Å². The molecule has 0 atom stereocenters. The molecule has 27 heavy (non-hydrogen) atoms. The van der Waals surface area contributed by atoms with E-state index < -0.39 is 10.0 Å². The Labute approximate surface area is 164 Å². The Morgan fingerprint density at radius 3 is 2.48 bits per heavy atom. The molecule has 0 aliphatic carbocycles. The predicted molar refractivity (Wildman–Crippen MR) is 106 cm³/mol. The van der Waals surface area contributed by atoms with Gasteiger partial charge in [0.05, 0.1) is 19.0 Å². The lowest BCUT2D eigenvalue weighted by molar-refractivity contribution is 0.0729. The van der Waals surface area contributed by atoms with Crippen LogP contribution in [0.15, 0.2) is 42.5 Å². The van der Waals surface area contributed by atoms with Gasteiger partial charge in [-0.15, -0.1) is 0 Å². The molecule has 1 amide bonds. The number of rotatable bonds is 5. The molecule has 0 radical (unpaired) electrons. The van der Waals surface area contributed by atoms with E-state index in [0.717, 1.165) is 5.56 Å². The van der Waals surface area contributed by atoms with Crippen LogP contribution in [0.4, 0.5) is 5.69 Å². The van der Waals surface area contributed by atoms with Crippen LogP contribution in [-0.4, -0.2) is 44.9 Å². The summed E-state index contributed by atoms with van der Waals surface area (Å²) in [6.45, 7) is 3.42. The van der Waals surface area contributed by atoms with Gasteiger partial charge in [0, 0.05) is 29.4 Å². The van der Waals surface area contributed by atoms with Crippen molar-refractivity contribution >= 4 is 33.2 Å². The Balaban J connectivity index is 1.67. The lowest BCUT2D eigenvalue weighted by atomic mass is 10.1. The van der Waals surface area contributed by atoms with Gasteiger partial charge in [-0.3, -0.25) is 4.79 Å². The lowest BCUT2D eigenvalue weighted by Crippen LogP contribution is -2.41. The van der Waals surface area contributed by atoms with Gasteiger partial charge in [0.15, 0.2) is 0 Å². The normalized spacial score (nSPS) is 15.5. The number of nitrogens with zero attached hydrogens (tertiary/aromatic N) is 1. The molecule has 3 rings (SSSR count). The molecule has 2 aromatic rings. The third-order valence-electron chi connectivity index (χ3n) is 4.44. The van der Waals surface area contributed by atoms with Crippen LogP contribution in [0, 0.1) is 6.92 Å². The monoisotopic (exact) mass is 408 g/mol. The molecule has 1 aliphatic rings. The number of benzene rings is 2. The highest BCUT2D eigenvalue weighted by Crippen LogP contribution is 2.23. The molecule has 0 aromatic heterocycles. The highest BCUT2D eigenvalue weighted by Gasteiger charge is 2.24. The van der Waals surface area contributed by atoms with Gasteiger partial charge in [-0.05, 0) is 42.3 Å². The fourth-order valence-electron chi connectivity index (χ4n) is 2.82. The number of hydrogen-bond acceptors (Lipinski definition) is 4. The van der Waals surface area contributed by atoms with E-state index >= 15 is 0 Å².